The summed E-state index contributed by atoms with van der Waals surface area (Å²) in [6, 6.07) is 0.714. The first-order chi connectivity index (χ1) is 6.31. The molecule has 0 aliphatic rings. The van der Waals surface area contributed by atoms with Crippen LogP contribution in [0.2, 0.25) is 0 Å². The maximum absolute atomic E-state index is 3.56. The van der Waals surface area contributed by atoms with E-state index in [0.29, 0.717) is 6.04 Å². The summed E-state index contributed by atoms with van der Waals surface area (Å²) < 4.78 is 0. The average molecular weight is 203 g/mol. The van der Waals surface area contributed by atoms with E-state index >= 15 is 0 Å². The summed E-state index contributed by atoms with van der Waals surface area (Å²) in [5, 5.41) is 3.56. The van der Waals surface area contributed by atoms with E-state index in [4.69, 9.17) is 0 Å². The van der Waals surface area contributed by atoms with Gasteiger partial charge in [0.25, 0.3) is 0 Å². The van der Waals surface area contributed by atoms with Crippen molar-refractivity contribution in [1.29, 1.82) is 0 Å². The van der Waals surface area contributed by atoms with Gasteiger partial charge >= 0.3 is 0 Å². The topological polar surface area (TPSA) is 12.0 Å². The first kappa shape index (κ1) is 13.3. The summed E-state index contributed by atoms with van der Waals surface area (Å²) in [4.78, 5) is 0. The second-order valence-corrected chi connectivity index (χ2v) is 4.94. The summed E-state index contributed by atoms with van der Waals surface area (Å²) in [7, 11) is 0. The Bertz CT molecular complexity index is 96.1. The summed E-state index contributed by atoms with van der Waals surface area (Å²) >= 11 is 2.04. The lowest BCUT2D eigenvalue weighted by molar-refractivity contribution is 0.496. The Labute approximate surface area is 88.1 Å². The summed E-state index contributed by atoms with van der Waals surface area (Å²) in [6.45, 7) is 7.97. The molecule has 0 rings (SSSR count). The van der Waals surface area contributed by atoms with Gasteiger partial charge in [-0.25, -0.2) is 0 Å². The summed E-state index contributed by atoms with van der Waals surface area (Å²) in [5.41, 5.74) is 0. The summed E-state index contributed by atoms with van der Waals surface area (Å²) in [5.74, 6) is 2.56. The number of hydrogen-bond acceptors (Lipinski definition) is 2. The third-order valence-electron chi connectivity index (χ3n) is 2.15. The number of nitrogens with one attached hydrogen (secondary N) is 1. The first-order valence-electron chi connectivity index (χ1n) is 5.62. The predicted molar refractivity (Wildman–Crippen MR) is 64.6 cm³/mol. The Hall–Kier alpha value is 0.310. The fourth-order valence-electron chi connectivity index (χ4n) is 1.28. The van der Waals surface area contributed by atoms with Crippen molar-refractivity contribution < 1.29 is 0 Å². The van der Waals surface area contributed by atoms with Crippen molar-refractivity contribution in [3.05, 3.63) is 0 Å². The van der Waals surface area contributed by atoms with E-state index in [0.717, 1.165) is 0 Å². The molecule has 13 heavy (non-hydrogen) atoms. The van der Waals surface area contributed by atoms with E-state index < -0.39 is 0 Å². The van der Waals surface area contributed by atoms with Gasteiger partial charge in [0, 0.05) is 6.04 Å². The second-order valence-electron chi connectivity index (χ2n) is 3.55. The molecule has 0 radical (unpaired) electrons. The van der Waals surface area contributed by atoms with E-state index in [1.54, 1.807) is 0 Å². The minimum absolute atomic E-state index is 0.714. The standard InChI is InChI=1S/C11H25NS/c1-4-6-8-11(3)12-9-7-10-13-5-2/h11-12H,4-10H2,1-3H3. The van der Waals surface area contributed by atoms with E-state index in [1.807, 2.05) is 11.8 Å². The van der Waals surface area contributed by atoms with E-state index in [9.17, 15) is 0 Å². The van der Waals surface area contributed by atoms with Crippen molar-refractivity contribution in [1.82, 2.24) is 5.32 Å². The van der Waals surface area contributed by atoms with E-state index in [1.165, 1.54) is 43.7 Å². The van der Waals surface area contributed by atoms with E-state index in [2.05, 4.69) is 26.1 Å². The number of rotatable bonds is 9. The normalized spacial score (nSPS) is 13.2. The molecule has 0 heterocycles. The molecule has 1 N–H and O–H groups in total. The molecule has 1 nitrogen and oxygen atoms in total. The van der Waals surface area contributed by atoms with Gasteiger partial charge in [0.05, 0.1) is 0 Å². The van der Waals surface area contributed by atoms with Crippen LogP contribution in [0.1, 0.15) is 46.5 Å². The van der Waals surface area contributed by atoms with Gasteiger partial charge in [-0.2, -0.15) is 11.8 Å². The highest BCUT2D eigenvalue weighted by molar-refractivity contribution is 7.99. The molecule has 1 unspecified atom stereocenters. The van der Waals surface area contributed by atoms with Crippen LogP contribution < -0.4 is 5.32 Å². The summed E-state index contributed by atoms with van der Waals surface area (Å²) in [6.07, 6.45) is 5.32. The maximum Gasteiger partial charge on any atom is 0.00387 e. The molecule has 0 amide bonds. The van der Waals surface area contributed by atoms with Gasteiger partial charge in [-0.3, -0.25) is 0 Å². The second kappa shape index (κ2) is 10.4. The van der Waals surface area contributed by atoms with Crippen LogP contribution in [0.3, 0.4) is 0 Å². The van der Waals surface area contributed by atoms with Gasteiger partial charge in [-0.05, 0) is 37.8 Å². The van der Waals surface area contributed by atoms with Gasteiger partial charge < -0.3 is 5.32 Å². The molecule has 1 atom stereocenters. The number of thioether (sulfide) groups is 1. The van der Waals surface area contributed by atoms with Gasteiger partial charge in [-0.15, -0.1) is 0 Å². The zero-order chi connectivity index (χ0) is 9.94. The molecular formula is C11H25NS. The average Bonchev–Trinajstić information content (AvgIpc) is 2.14. The fraction of sp³-hybridized carbons (Fsp3) is 1.00. The van der Waals surface area contributed by atoms with Crippen LogP contribution in [0.25, 0.3) is 0 Å². The third kappa shape index (κ3) is 10.2. The van der Waals surface area contributed by atoms with Crippen molar-refractivity contribution in [3.8, 4) is 0 Å². The molecule has 0 aliphatic heterocycles. The molecular weight excluding hydrogens is 178 g/mol. The van der Waals surface area contributed by atoms with Crippen LogP contribution in [-0.4, -0.2) is 24.1 Å². The molecule has 0 aromatic carbocycles. The zero-order valence-electron chi connectivity index (χ0n) is 9.44. The smallest absolute Gasteiger partial charge is 0.00387 e. The highest BCUT2D eigenvalue weighted by Gasteiger charge is 1.98. The monoisotopic (exact) mass is 203 g/mol. The van der Waals surface area contributed by atoms with Crippen molar-refractivity contribution in [3.63, 3.8) is 0 Å². The van der Waals surface area contributed by atoms with Gasteiger partial charge in [0.2, 0.25) is 0 Å². The third-order valence-corrected chi connectivity index (χ3v) is 3.14. The zero-order valence-corrected chi connectivity index (χ0v) is 10.3. The van der Waals surface area contributed by atoms with Crippen LogP contribution in [0.5, 0.6) is 0 Å². The van der Waals surface area contributed by atoms with Crippen LogP contribution in [0, 0.1) is 0 Å². The number of unbranched alkanes of at least 4 members (excludes halogenated alkanes) is 1. The van der Waals surface area contributed by atoms with Crippen LogP contribution in [0.15, 0.2) is 0 Å². The Kier molecular flexibility index (Phi) is 10.6. The molecule has 0 aromatic rings. The fourth-order valence-corrected chi connectivity index (χ4v) is 1.92. The van der Waals surface area contributed by atoms with Crippen molar-refractivity contribution in [2.24, 2.45) is 0 Å². The van der Waals surface area contributed by atoms with Gasteiger partial charge in [0.15, 0.2) is 0 Å². The molecule has 80 valence electrons. The van der Waals surface area contributed by atoms with Crippen molar-refractivity contribution in [2.75, 3.05) is 18.1 Å². The maximum atomic E-state index is 3.56. The Morgan fingerprint density at radius 3 is 2.62 bits per heavy atom. The molecule has 0 saturated heterocycles. The van der Waals surface area contributed by atoms with Gasteiger partial charge in [-0.1, -0.05) is 26.7 Å². The van der Waals surface area contributed by atoms with Gasteiger partial charge in [0.1, 0.15) is 0 Å². The van der Waals surface area contributed by atoms with Crippen LogP contribution in [-0.2, 0) is 0 Å². The lowest BCUT2D eigenvalue weighted by Gasteiger charge is -2.12. The van der Waals surface area contributed by atoms with Crippen LogP contribution >= 0.6 is 11.8 Å². The molecule has 0 fully saturated rings. The lowest BCUT2D eigenvalue weighted by Crippen LogP contribution is -2.27. The lowest BCUT2D eigenvalue weighted by atomic mass is 10.1. The Balaban J connectivity index is 3.03. The molecule has 0 saturated carbocycles. The first-order valence-corrected chi connectivity index (χ1v) is 6.77. The minimum Gasteiger partial charge on any atom is -0.314 e. The Morgan fingerprint density at radius 1 is 1.23 bits per heavy atom. The molecule has 0 aliphatic carbocycles. The molecule has 0 spiro atoms. The van der Waals surface area contributed by atoms with Crippen molar-refractivity contribution >= 4 is 11.8 Å². The quantitative estimate of drug-likeness (QED) is 0.577. The SMILES string of the molecule is CCCCC(C)NCCCSCC. The highest BCUT2D eigenvalue weighted by atomic mass is 32.2. The van der Waals surface area contributed by atoms with Crippen molar-refractivity contribution in [2.45, 2.75) is 52.5 Å². The van der Waals surface area contributed by atoms with E-state index in [-0.39, 0.29) is 0 Å². The molecule has 0 aromatic heterocycles. The largest absolute Gasteiger partial charge is 0.314 e. The molecule has 0 bridgehead atoms. The Morgan fingerprint density at radius 2 is 2.00 bits per heavy atom. The predicted octanol–water partition coefficient (Wildman–Crippen LogP) is 3.30. The minimum atomic E-state index is 0.714. The highest BCUT2D eigenvalue weighted by Crippen LogP contribution is 2.02. The number of hydrogen-bond donors (Lipinski definition) is 1. The van der Waals surface area contributed by atoms with Crippen LogP contribution in [0.4, 0.5) is 0 Å². The molecule has 2 heteroatoms.